The summed E-state index contributed by atoms with van der Waals surface area (Å²) in [6.45, 7) is 7.46. The third-order valence-corrected chi connectivity index (χ3v) is 9.70. The smallest absolute Gasteiger partial charge is 0.307 e. The third-order valence-electron chi connectivity index (χ3n) is 9.70. The third kappa shape index (κ3) is 2.81. The number of rotatable bonds is 3. The second-order valence-electron chi connectivity index (χ2n) is 11.1. The molecule has 0 spiro atoms. The summed E-state index contributed by atoms with van der Waals surface area (Å²) in [5, 5.41) is 19.3. The number of hydrogen-bond acceptors (Lipinski definition) is 3. The monoisotopic (exact) mass is 388 g/mol. The van der Waals surface area contributed by atoms with E-state index in [0.29, 0.717) is 35.7 Å². The lowest BCUT2D eigenvalue weighted by molar-refractivity contribution is -0.183. The Kier molecular flexibility index (Phi) is 4.80. The summed E-state index contributed by atoms with van der Waals surface area (Å²) in [7, 11) is 0. The van der Waals surface area contributed by atoms with Gasteiger partial charge in [0, 0.05) is 18.6 Å². The molecule has 28 heavy (non-hydrogen) atoms. The molecule has 3 fully saturated rings. The van der Waals surface area contributed by atoms with E-state index >= 15 is 0 Å². The highest BCUT2D eigenvalue weighted by Gasteiger charge is 2.63. The zero-order valence-electron chi connectivity index (χ0n) is 17.7. The molecule has 4 aliphatic carbocycles. The molecule has 0 unspecified atom stereocenters. The van der Waals surface area contributed by atoms with Crippen molar-refractivity contribution in [3.63, 3.8) is 0 Å². The summed E-state index contributed by atoms with van der Waals surface area (Å²) in [6, 6.07) is 0. The zero-order valence-corrected chi connectivity index (χ0v) is 17.7. The number of allylic oxidation sites excluding steroid dienone is 1. The number of ketones is 1. The predicted octanol–water partition coefficient (Wildman–Crippen LogP) is 4.61. The molecule has 0 saturated heterocycles. The van der Waals surface area contributed by atoms with E-state index in [1.165, 1.54) is 12.8 Å². The molecule has 0 aromatic carbocycles. The molecule has 4 nitrogen and oxygen atoms in total. The first-order valence-corrected chi connectivity index (χ1v) is 11.2. The molecular formula is C24H36O4. The molecule has 3 saturated carbocycles. The fraction of sp³-hybridized carbons (Fsp3) is 0.833. The van der Waals surface area contributed by atoms with Crippen molar-refractivity contribution in [1.82, 2.24) is 0 Å². The minimum Gasteiger partial charge on any atom is -0.481 e. The molecule has 0 bridgehead atoms. The number of Topliss-reactive ketones (excluding diaryl/α,β-unsaturated/α-hetero) is 1. The van der Waals surface area contributed by atoms with Gasteiger partial charge in [-0.15, -0.1) is 0 Å². The van der Waals surface area contributed by atoms with Crippen molar-refractivity contribution in [2.45, 2.75) is 78.6 Å². The van der Waals surface area contributed by atoms with E-state index in [1.807, 2.05) is 6.08 Å². The average Bonchev–Trinajstić information content (AvgIpc) is 2.62. The van der Waals surface area contributed by atoms with Gasteiger partial charge in [-0.25, -0.2) is 0 Å². The standard InChI is InChI=1S/C24H36O4/c1-22(14-25)8-4-9-24(3)19(22)7-10-23(2)17-13-18(26)16(12-21(27)28)11-15(17)5-6-20(23)24/h11,15,17,19-20,25H,4-10,12-14H2,1-3H3,(H,27,28)/t15-,17-,19+,20+,22+,23-,24-/m0/s1. The first-order valence-electron chi connectivity index (χ1n) is 11.2. The zero-order chi connectivity index (χ0) is 20.3. The first-order chi connectivity index (χ1) is 13.1. The summed E-state index contributed by atoms with van der Waals surface area (Å²) in [5.41, 5.74) is 0.938. The molecule has 0 amide bonds. The van der Waals surface area contributed by atoms with E-state index in [1.54, 1.807) is 0 Å². The molecule has 0 heterocycles. The van der Waals surface area contributed by atoms with Crippen molar-refractivity contribution >= 4 is 11.8 Å². The van der Waals surface area contributed by atoms with Crippen molar-refractivity contribution in [3.8, 4) is 0 Å². The van der Waals surface area contributed by atoms with E-state index in [0.717, 1.165) is 32.1 Å². The summed E-state index contributed by atoms with van der Waals surface area (Å²) in [5.74, 6) is 0.995. The minimum atomic E-state index is -0.906. The van der Waals surface area contributed by atoms with E-state index in [4.69, 9.17) is 5.11 Å². The SMILES string of the molecule is C[C@]1(CO)CCC[C@]2(C)[C@@H]3CC[C@H]4C=C(CC(=O)O)C(=O)C[C@@H]4[C@]3(C)CC[C@H]12. The Morgan fingerprint density at radius 1 is 1.07 bits per heavy atom. The number of hydrogen-bond donors (Lipinski definition) is 2. The highest BCUT2D eigenvalue weighted by Crippen LogP contribution is 2.70. The summed E-state index contributed by atoms with van der Waals surface area (Å²) in [6.07, 6.45) is 10.5. The van der Waals surface area contributed by atoms with Gasteiger partial charge in [-0.2, -0.15) is 0 Å². The Labute approximate surface area is 168 Å². The Morgan fingerprint density at radius 2 is 1.82 bits per heavy atom. The second kappa shape index (κ2) is 6.68. The van der Waals surface area contributed by atoms with Crippen LogP contribution in [0.25, 0.3) is 0 Å². The van der Waals surface area contributed by atoms with Crippen LogP contribution in [-0.2, 0) is 9.59 Å². The van der Waals surface area contributed by atoms with Gasteiger partial charge >= 0.3 is 5.97 Å². The van der Waals surface area contributed by atoms with Crippen molar-refractivity contribution < 1.29 is 19.8 Å². The van der Waals surface area contributed by atoms with Crippen LogP contribution in [0.5, 0.6) is 0 Å². The van der Waals surface area contributed by atoms with Gasteiger partial charge in [0.05, 0.1) is 6.42 Å². The lowest BCUT2D eigenvalue weighted by atomic mass is 9.38. The number of carbonyl (C=O) groups is 2. The maximum atomic E-state index is 12.7. The van der Waals surface area contributed by atoms with E-state index in [9.17, 15) is 14.7 Å². The predicted molar refractivity (Wildman–Crippen MR) is 108 cm³/mol. The molecule has 156 valence electrons. The van der Waals surface area contributed by atoms with Crippen molar-refractivity contribution in [2.24, 2.45) is 39.9 Å². The molecule has 7 atom stereocenters. The van der Waals surface area contributed by atoms with Gasteiger partial charge in [0.25, 0.3) is 0 Å². The maximum absolute atomic E-state index is 12.7. The Balaban J connectivity index is 1.66. The Morgan fingerprint density at radius 3 is 2.50 bits per heavy atom. The van der Waals surface area contributed by atoms with Crippen LogP contribution in [0.2, 0.25) is 0 Å². The summed E-state index contributed by atoms with van der Waals surface area (Å²) in [4.78, 5) is 23.9. The number of aliphatic hydroxyl groups is 1. The highest BCUT2D eigenvalue weighted by atomic mass is 16.4. The van der Waals surface area contributed by atoms with Crippen molar-refractivity contribution in [3.05, 3.63) is 11.6 Å². The Bertz CT molecular complexity index is 711. The maximum Gasteiger partial charge on any atom is 0.307 e. The number of aliphatic hydroxyl groups excluding tert-OH is 1. The largest absolute Gasteiger partial charge is 0.481 e. The van der Waals surface area contributed by atoms with Crippen LogP contribution in [0, 0.1) is 39.9 Å². The number of aliphatic carboxylic acids is 1. The number of carbonyl (C=O) groups excluding carboxylic acids is 1. The van der Waals surface area contributed by atoms with Crippen molar-refractivity contribution in [1.29, 1.82) is 0 Å². The van der Waals surface area contributed by atoms with Gasteiger partial charge in [-0.3, -0.25) is 9.59 Å². The highest BCUT2D eigenvalue weighted by molar-refractivity contribution is 5.99. The van der Waals surface area contributed by atoms with Crippen molar-refractivity contribution in [2.75, 3.05) is 6.61 Å². The van der Waals surface area contributed by atoms with Gasteiger partial charge in [-0.05, 0) is 78.4 Å². The van der Waals surface area contributed by atoms with Crippen LogP contribution in [0.1, 0.15) is 78.6 Å². The van der Waals surface area contributed by atoms with Gasteiger partial charge in [0.15, 0.2) is 5.78 Å². The molecular weight excluding hydrogens is 352 g/mol. The molecule has 0 aromatic rings. The molecule has 2 N–H and O–H groups in total. The minimum absolute atomic E-state index is 0.0299. The van der Waals surface area contributed by atoms with Gasteiger partial charge in [0.1, 0.15) is 0 Å². The van der Waals surface area contributed by atoms with Crippen LogP contribution < -0.4 is 0 Å². The summed E-state index contributed by atoms with van der Waals surface area (Å²) < 4.78 is 0. The second-order valence-corrected chi connectivity index (χ2v) is 11.1. The molecule has 4 aliphatic rings. The molecule has 0 radical (unpaired) electrons. The molecule has 4 rings (SSSR count). The van der Waals surface area contributed by atoms with Gasteiger partial charge in [0.2, 0.25) is 0 Å². The van der Waals surface area contributed by atoms with Crippen LogP contribution in [0.15, 0.2) is 11.6 Å². The molecule has 4 heteroatoms. The topological polar surface area (TPSA) is 74.6 Å². The lowest BCUT2D eigenvalue weighted by Crippen LogP contribution is -2.60. The van der Waals surface area contributed by atoms with Crippen LogP contribution in [0.4, 0.5) is 0 Å². The Hall–Kier alpha value is -1.16. The number of carboxylic acid groups (broad SMARTS) is 1. The fourth-order valence-electron chi connectivity index (χ4n) is 8.42. The number of carboxylic acids is 1. The van der Waals surface area contributed by atoms with E-state index in [-0.39, 0.29) is 35.1 Å². The lowest BCUT2D eigenvalue weighted by Gasteiger charge is -2.67. The van der Waals surface area contributed by atoms with Crippen LogP contribution in [0.3, 0.4) is 0 Å². The molecule has 0 aliphatic heterocycles. The van der Waals surface area contributed by atoms with Gasteiger partial charge in [-0.1, -0.05) is 33.3 Å². The molecule has 0 aromatic heterocycles. The number of fused-ring (bicyclic) bond motifs is 5. The van der Waals surface area contributed by atoms with E-state index in [2.05, 4.69) is 20.8 Å². The first kappa shape index (κ1) is 20.1. The van der Waals surface area contributed by atoms with Crippen LogP contribution in [-0.4, -0.2) is 28.6 Å². The summed E-state index contributed by atoms with van der Waals surface area (Å²) >= 11 is 0. The fourth-order valence-corrected chi connectivity index (χ4v) is 8.42. The van der Waals surface area contributed by atoms with Crippen LogP contribution >= 0.6 is 0 Å². The normalized spacial score (nSPS) is 48.1. The van der Waals surface area contributed by atoms with Gasteiger partial charge < -0.3 is 10.2 Å². The average molecular weight is 389 g/mol. The van der Waals surface area contributed by atoms with E-state index < -0.39 is 5.97 Å². The quantitative estimate of drug-likeness (QED) is 0.740.